The number of carbonyl (C=O) groups excluding carboxylic acids is 1. The van der Waals surface area contributed by atoms with Gasteiger partial charge in [-0.1, -0.05) is 0 Å². The molecule has 6 heteroatoms. The summed E-state index contributed by atoms with van der Waals surface area (Å²) in [6.45, 7) is 4.26. The van der Waals surface area contributed by atoms with Crippen LogP contribution in [-0.2, 0) is 11.2 Å². The summed E-state index contributed by atoms with van der Waals surface area (Å²) in [5.74, 6) is -0.453. The Morgan fingerprint density at radius 2 is 2.14 bits per heavy atom. The highest BCUT2D eigenvalue weighted by atomic mass is 16.5. The van der Waals surface area contributed by atoms with Crippen LogP contribution in [0.2, 0.25) is 0 Å². The van der Waals surface area contributed by atoms with Gasteiger partial charge in [0.15, 0.2) is 0 Å². The quantitative estimate of drug-likeness (QED) is 0.758. The Balaban J connectivity index is 2.41. The number of nitrogens with one attached hydrogen (secondary N) is 2. The summed E-state index contributed by atoms with van der Waals surface area (Å²) in [5, 5.41) is 12.8. The molecule has 112 valence electrons. The fourth-order valence-corrected chi connectivity index (χ4v) is 2.29. The third-order valence-corrected chi connectivity index (χ3v) is 3.15. The third-order valence-electron chi connectivity index (χ3n) is 3.15. The monoisotopic (exact) mass is 290 g/mol. The lowest BCUT2D eigenvalue weighted by Crippen LogP contribution is -2.22. The molecule has 21 heavy (non-hydrogen) atoms. The number of H-pyrrole nitrogens is 1. The van der Waals surface area contributed by atoms with Crippen LogP contribution in [0.25, 0.3) is 10.9 Å². The van der Waals surface area contributed by atoms with Gasteiger partial charge in [-0.2, -0.15) is 0 Å². The van der Waals surface area contributed by atoms with Crippen LogP contribution in [0, 0.1) is 0 Å². The number of ether oxygens (including phenoxy) is 1. The van der Waals surface area contributed by atoms with E-state index in [1.54, 1.807) is 12.1 Å². The Labute approximate surface area is 122 Å². The third kappa shape index (κ3) is 3.34. The Hall–Kier alpha value is -2.50. The minimum Gasteiger partial charge on any atom is -0.494 e. The van der Waals surface area contributed by atoms with E-state index in [1.807, 2.05) is 13.0 Å². The number of rotatable bonds is 6. The van der Waals surface area contributed by atoms with Gasteiger partial charge in [-0.25, -0.2) is 4.79 Å². The van der Waals surface area contributed by atoms with Gasteiger partial charge in [0, 0.05) is 24.4 Å². The first kappa shape index (κ1) is 14.9. The maximum absolute atomic E-state index is 11.3. The van der Waals surface area contributed by atoms with Gasteiger partial charge in [0.1, 0.15) is 11.4 Å². The predicted molar refractivity (Wildman–Crippen MR) is 78.8 cm³/mol. The minimum absolute atomic E-state index is 0.137. The van der Waals surface area contributed by atoms with Crippen LogP contribution in [-0.4, -0.2) is 35.1 Å². The molecular weight excluding hydrogens is 272 g/mol. The lowest BCUT2D eigenvalue weighted by atomic mass is 10.1. The summed E-state index contributed by atoms with van der Waals surface area (Å²) < 4.78 is 5.45. The Morgan fingerprint density at radius 1 is 1.38 bits per heavy atom. The Kier molecular flexibility index (Phi) is 4.47. The van der Waals surface area contributed by atoms with Crippen molar-refractivity contribution in [3.63, 3.8) is 0 Å². The van der Waals surface area contributed by atoms with Crippen LogP contribution in [0.15, 0.2) is 18.2 Å². The lowest BCUT2D eigenvalue weighted by Gasteiger charge is -2.05. The molecule has 3 N–H and O–H groups in total. The summed E-state index contributed by atoms with van der Waals surface area (Å²) in [6.07, 6.45) is 0.441. The standard InChI is InChI=1S/C15H18N2O4/c1-3-21-10-4-5-13-12(8-10)11(6-7-16-9(2)18)14(17-13)15(19)20/h4-5,8,17H,3,6-7H2,1-2H3,(H,16,18)(H,19,20). The molecule has 0 aliphatic rings. The number of carbonyl (C=O) groups is 2. The van der Waals surface area contributed by atoms with Crippen LogP contribution in [0.5, 0.6) is 5.75 Å². The van der Waals surface area contributed by atoms with Crippen LogP contribution >= 0.6 is 0 Å². The minimum atomic E-state index is -1.01. The number of carboxylic acid groups (broad SMARTS) is 1. The SMILES string of the molecule is CCOc1ccc2[nH]c(C(=O)O)c(CCNC(C)=O)c2c1. The topological polar surface area (TPSA) is 91.4 Å². The number of amides is 1. The Bertz CT molecular complexity index is 676. The van der Waals surface area contributed by atoms with Crippen molar-refractivity contribution < 1.29 is 19.4 Å². The smallest absolute Gasteiger partial charge is 0.352 e. The summed E-state index contributed by atoms with van der Waals surface area (Å²) in [7, 11) is 0. The predicted octanol–water partition coefficient (Wildman–Crippen LogP) is 1.94. The molecule has 0 aliphatic carbocycles. The molecule has 0 fully saturated rings. The summed E-state index contributed by atoms with van der Waals surface area (Å²) in [5.41, 5.74) is 1.57. The molecule has 0 saturated heterocycles. The van der Waals surface area contributed by atoms with Gasteiger partial charge in [0.05, 0.1) is 6.61 Å². The molecule has 1 aromatic heterocycles. The number of carboxylic acids is 1. The van der Waals surface area contributed by atoms with Crippen LogP contribution in [0.3, 0.4) is 0 Å². The van der Waals surface area contributed by atoms with Gasteiger partial charge >= 0.3 is 5.97 Å². The van der Waals surface area contributed by atoms with E-state index in [0.29, 0.717) is 30.9 Å². The largest absolute Gasteiger partial charge is 0.494 e. The summed E-state index contributed by atoms with van der Waals surface area (Å²) in [4.78, 5) is 25.2. The van der Waals surface area contributed by atoms with E-state index < -0.39 is 5.97 Å². The van der Waals surface area contributed by atoms with E-state index in [-0.39, 0.29) is 11.6 Å². The molecule has 6 nitrogen and oxygen atoms in total. The molecule has 0 unspecified atom stereocenters. The van der Waals surface area contributed by atoms with Gasteiger partial charge < -0.3 is 20.1 Å². The molecule has 1 heterocycles. The molecule has 0 atom stereocenters. The maximum Gasteiger partial charge on any atom is 0.352 e. The van der Waals surface area contributed by atoms with Crippen LogP contribution in [0.1, 0.15) is 29.9 Å². The van der Waals surface area contributed by atoms with Crippen molar-refractivity contribution in [2.45, 2.75) is 20.3 Å². The zero-order chi connectivity index (χ0) is 15.4. The highest BCUT2D eigenvalue weighted by Gasteiger charge is 2.17. The second kappa shape index (κ2) is 6.30. The van der Waals surface area contributed by atoms with Gasteiger partial charge in [-0.05, 0) is 37.1 Å². The molecular formula is C15H18N2O4. The fourth-order valence-electron chi connectivity index (χ4n) is 2.29. The maximum atomic E-state index is 11.3. The number of aromatic carboxylic acids is 1. The van der Waals surface area contributed by atoms with Gasteiger partial charge in [0.25, 0.3) is 0 Å². The average Bonchev–Trinajstić information content (AvgIpc) is 2.77. The van der Waals surface area contributed by atoms with Crippen molar-refractivity contribution in [1.29, 1.82) is 0 Å². The molecule has 2 rings (SSSR count). The molecule has 0 bridgehead atoms. The summed E-state index contributed by atoms with van der Waals surface area (Å²) >= 11 is 0. The lowest BCUT2D eigenvalue weighted by molar-refractivity contribution is -0.118. The molecule has 1 aromatic carbocycles. The van der Waals surface area contributed by atoms with E-state index in [2.05, 4.69) is 10.3 Å². The van der Waals surface area contributed by atoms with Crippen molar-refractivity contribution in [2.75, 3.05) is 13.2 Å². The highest BCUT2D eigenvalue weighted by Crippen LogP contribution is 2.27. The van der Waals surface area contributed by atoms with E-state index in [4.69, 9.17) is 4.74 Å². The number of benzene rings is 1. The van der Waals surface area contributed by atoms with Gasteiger partial charge in [-0.15, -0.1) is 0 Å². The highest BCUT2D eigenvalue weighted by molar-refractivity contribution is 5.97. The number of fused-ring (bicyclic) bond motifs is 1. The van der Waals surface area contributed by atoms with Gasteiger partial charge in [0.2, 0.25) is 5.91 Å². The molecule has 0 saturated carbocycles. The van der Waals surface area contributed by atoms with Crippen molar-refractivity contribution in [3.05, 3.63) is 29.5 Å². The van der Waals surface area contributed by atoms with Crippen molar-refractivity contribution >= 4 is 22.8 Å². The number of aromatic amines is 1. The summed E-state index contributed by atoms with van der Waals surface area (Å²) in [6, 6.07) is 5.42. The van der Waals surface area contributed by atoms with Crippen LogP contribution < -0.4 is 10.1 Å². The second-order valence-corrected chi connectivity index (χ2v) is 4.66. The molecule has 1 amide bonds. The number of hydrogen-bond donors (Lipinski definition) is 3. The van der Waals surface area contributed by atoms with E-state index in [1.165, 1.54) is 6.92 Å². The molecule has 0 radical (unpaired) electrons. The number of hydrogen-bond acceptors (Lipinski definition) is 3. The van der Waals surface area contributed by atoms with Crippen molar-refractivity contribution in [1.82, 2.24) is 10.3 Å². The Morgan fingerprint density at radius 3 is 2.76 bits per heavy atom. The van der Waals surface area contributed by atoms with E-state index >= 15 is 0 Å². The molecule has 0 aliphatic heterocycles. The van der Waals surface area contributed by atoms with E-state index in [0.717, 1.165) is 10.9 Å². The first-order valence-electron chi connectivity index (χ1n) is 6.78. The normalized spacial score (nSPS) is 10.6. The molecule has 0 spiro atoms. The van der Waals surface area contributed by atoms with Crippen LogP contribution in [0.4, 0.5) is 0 Å². The molecule has 2 aromatic rings. The second-order valence-electron chi connectivity index (χ2n) is 4.66. The first-order chi connectivity index (χ1) is 10.0. The van der Waals surface area contributed by atoms with Gasteiger partial charge in [-0.3, -0.25) is 4.79 Å². The number of aromatic nitrogens is 1. The average molecular weight is 290 g/mol. The fraction of sp³-hybridized carbons (Fsp3) is 0.333. The van der Waals surface area contributed by atoms with Crippen molar-refractivity contribution in [3.8, 4) is 5.75 Å². The first-order valence-corrected chi connectivity index (χ1v) is 6.78. The zero-order valence-electron chi connectivity index (χ0n) is 12.0. The van der Waals surface area contributed by atoms with Crippen molar-refractivity contribution in [2.24, 2.45) is 0 Å². The van der Waals surface area contributed by atoms with E-state index in [9.17, 15) is 14.7 Å². The zero-order valence-corrected chi connectivity index (χ0v) is 12.0.